The van der Waals surface area contributed by atoms with Crippen LogP contribution in [0.25, 0.3) is 0 Å². The van der Waals surface area contributed by atoms with Gasteiger partial charge in [0, 0.05) is 4.88 Å². The van der Waals surface area contributed by atoms with Crippen LogP contribution in [0.4, 0.5) is 5.13 Å². The van der Waals surface area contributed by atoms with Gasteiger partial charge in [0.05, 0.1) is 5.69 Å². The number of hydrogen-bond donors (Lipinski definition) is 1. The average molecular weight is 198 g/mol. The maximum absolute atomic E-state index is 5.69. The van der Waals surface area contributed by atoms with Crippen LogP contribution >= 0.6 is 11.3 Å². The maximum Gasteiger partial charge on any atom is 0.180 e. The van der Waals surface area contributed by atoms with E-state index >= 15 is 0 Å². The molecule has 1 aromatic heterocycles. The van der Waals surface area contributed by atoms with E-state index in [0.717, 1.165) is 24.4 Å². The van der Waals surface area contributed by atoms with Gasteiger partial charge in [-0.25, -0.2) is 4.98 Å². The van der Waals surface area contributed by atoms with Crippen molar-refractivity contribution in [3.63, 3.8) is 0 Å². The predicted molar refractivity (Wildman–Crippen MR) is 59.1 cm³/mol. The molecule has 0 saturated carbocycles. The van der Waals surface area contributed by atoms with Crippen LogP contribution in [0.5, 0.6) is 0 Å². The van der Waals surface area contributed by atoms with E-state index in [2.05, 4.69) is 18.8 Å². The van der Waals surface area contributed by atoms with Crippen molar-refractivity contribution in [2.24, 2.45) is 0 Å². The van der Waals surface area contributed by atoms with E-state index in [1.807, 2.05) is 0 Å². The molecule has 1 aromatic rings. The zero-order valence-corrected chi connectivity index (χ0v) is 9.28. The highest BCUT2D eigenvalue weighted by Crippen LogP contribution is 2.23. The van der Waals surface area contributed by atoms with Gasteiger partial charge in [0.25, 0.3) is 0 Å². The van der Waals surface area contributed by atoms with Crippen LogP contribution in [0.1, 0.15) is 43.7 Å². The lowest BCUT2D eigenvalue weighted by molar-refractivity contribution is 0.784. The zero-order valence-electron chi connectivity index (χ0n) is 8.47. The van der Waals surface area contributed by atoms with Crippen LogP contribution < -0.4 is 5.73 Å². The second kappa shape index (κ2) is 5.22. The summed E-state index contributed by atoms with van der Waals surface area (Å²) in [5, 5.41) is 0.731. The summed E-state index contributed by atoms with van der Waals surface area (Å²) in [5.41, 5.74) is 6.92. The molecule has 0 amide bonds. The SMILES string of the molecule is CCCCc1sc(N)nc1CCC. The van der Waals surface area contributed by atoms with Crippen LogP contribution in [0.15, 0.2) is 0 Å². The summed E-state index contributed by atoms with van der Waals surface area (Å²) in [4.78, 5) is 5.75. The summed E-state index contributed by atoms with van der Waals surface area (Å²) in [6.45, 7) is 4.39. The lowest BCUT2D eigenvalue weighted by atomic mass is 10.1. The second-order valence-corrected chi connectivity index (χ2v) is 4.39. The number of aryl methyl sites for hydroxylation is 2. The second-order valence-electron chi connectivity index (χ2n) is 3.28. The van der Waals surface area contributed by atoms with Gasteiger partial charge in [0.2, 0.25) is 0 Å². The van der Waals surface area contributed by atoms with E-state index < -0.39 is 0 Å². The van der Waals surface area contributed by atoms with Crippen LogP contribution in [0.3, 0.4) is 0 Å². The number of anilines is 1. The number of hydrogen-bond acceptors (Lipinski definition) is 3. The lowest BCUT2D eigenvalue weighted by Crippen LogP contribution is -1.91. The van der Waals surface area contributed by atoms with Crippen molar-refractivity contribution in [3.8, 4) is 0 Å². The molecule has 3 heteroatoms. The van der Waals surface area contributed by atoms with Gasteiger partial charge in [-0.05, 0) is 19.3 Å². The molecular formula is C10H18N2S. The normalized spacial score (nSPS) is 10.6. The Morgan fingerprint density at radius 3 is 2.62 bits per heavy atom. The molecule has 2 N–H and O–H groups in total. The Balaban J connectivity index is 2.66. The minimum Gasteiger partial charge on any atom is -0.375 e. The molecule has 1 heterocycles. The van der Waals surface area contributed by atoms with E-state index in [9.17, 15) is 0 Å². The van der Waals surface area contributed by atoms with Gasteiger partial charge in [-0.3, -0.25) is 0 Å². The van der Waals surface area contributed by atoms with Gasteiger partial charge in [0.15, 0.2) is 5.13 Å². The third kappa shape index (κ3) is 2.99. The van der Waals surface area contributed by atoms with Gasteiger partial charge in [-0.2, -0.15) is 0 Å². The average Bonchev–Trinajstić information content (AvgIpc) is 2.44. The number of aromatic nitrogens is 1. The summed E-state index contributed by atoms with van der Waals surface area (Å²) in [7, 11) is 0. The highest BCUT2D eigenvalue weighted by molar-refractivity contribution is 7.15. The van der Waals surface area contributed by atoms with Gasteiger partial charge in [0.1, 0.15) is 0 Å². The topological polar surface area (TPSA) is 38.9 Å². The van der Waals surface area contributed by atoms with Crippen molar-refractivity contribution in [1.82, 2.24) is 4.98 Å². The lowest BCUT2D eigenvalue weighted by Gasteiger charge is -1.98. The first kappa shape index (κ1) is 10.5. The van der Waals surface area contributed by atoms with Crippen molar-refractivity contribution in [2.75, 3.05) is 5.73 Å². The van der Waals surface area contributed by atoms with Crippen molar-refractivity contribution in [3.05, 3.63) is 10.6 Å². The van der Waals surface area contributed by atoms with Gasteiger partial charge < -0.3 is 5.73 Å². The molecule has 0 fully saturated rings. The van der Waals surface area contributed by atoms with Crippen LogP contribution in [0, 0.1) is 0 Å². The van der Waals surface area contributed by atoms with Crippen molar-refractivity contribution in [2.45, 2.75) is 46.0 Å². The Morgan fingerprint density at radius 2 is 2.00 bits per heavy atom. The maximum atomic E-state index is 5.69. The van der Waals surface area contributed by atoms with E-state index in [-0.39, 0.29) is 0 Å². The molecule has 0 aromatic carbocycles. The van der Waals surface area contributed by atoms with Crippen LogP contribution in [-0.2, 0) is 12.8 Å². The van der Waals surface area contributed by atoms with Gasteiger partial charge in [-0.1, -0.05) is 26.7 Å². The van der Waals surface area contributed by atoms with Crippen molar-refractivity contribution in [1.29, 1.82) is 0 Å². The molecular weight excluding hydrogens is 180 g/mol. The van der Waals surface area contributed by atoms with E-state index in [1.165, 1.54) is 23.4 Å². The first-order valence-corrected chi connectivity index (χ1v) is 5.83. The molecule has 0 unspecified atom stereocenters. The standard InChI is InChI=1S/C10H18N2S/c1-3-5-7-9-8(6-4-2)12-10(11)13-9/h3-7H2,1-2H3,(H2,11,12). The predicted octanol–water partition coefficient (Wildman–Crippen LogP) is 3.02. The Kier molecular flexibility index (Phi) is 4.22. The Bertz CT molecular complexity index is 255. The van der Waals surface area contributed by atoms with Gasteiger partial charge in [-0.15, -0.1) is 11.3 Å². The molecule has 0 radical (unpaired) electrons. The smallest absolute Gasteiger partial charge is 0.180 e. The van der Waals surface area contributed by atoms with Gasteiger partial charge >= 0.3 is 0 Å². The molecule has 74 valence electrons. The monoisotopic (exact) mass is 198 g/mol. The first-order valence-electron chi connectivity index (χ1n) is 5.02. The zero-order chi connectivity index (χ0) is 9.68. The molecule has 2 nitrogen and oxygen atoms in total. The summed E-state index contributed by atoms with van der Waals surface area (Å²) in [6.07, 6.45) is 5.87. The quantitative estimate of drug-likeness (QED) is 0.790. The molecule has 1 rings (SSSR count). The molecule has 0 spiro atoms. The minimum atomic E-state index is 0.731. The fourth-order valence-electron chi connectivity index (χ4n) is 1.37. The van der Waals surface area contributed by atoms with Crippen LogP contribution in [-0.4, -0.2) is 4.98 Å². The first-order chi connectivity index (χ1) is 6.27. The highest BCUT2D eigenvalue weighted by Gasteiger charge is 2.07. The van der Waals surface area contributed by atoms with E-state index in [0.29, 0.717) is 0 Å². The van der Waals surface area contributed by atoms with E-state index in [1.54, 1.807) is 11.3 Å². The minimum absolute atomic E-state index is 0.731. The molecule has 0 atom stereocenters. The van der Waals surface area contributed by atoms with E-state index in [4.69, 9.17) is 5.73 Å². The number of thiazole rings is 1. The summed E-state index contributed by atoms with van der Waals surface area (Å²) in [5.74, 6) is 0. The molecule has 0 saturated heterocycles. The fraction of sp³-hybridized carbons (Fsp3) is 0.700. The third-order valence-corrected chi connectivity index (χ3v) is 3.03. The Hall–Kier alpha value is -0.570. The van der Waals surface area contributed by atoms with Crippen LogP contribution in [0.2, 0.25) is 0 Å². The van der Waals surface area contributed by atoms with Crippen molar-refractivity contribution < 1.29 is 0 Å². The third-order valence-electron chi connectivity index (χ3n) is 2.04. The number of nitrogens with zero attached hydrogens (tertiary/aromatic N) is 1. The largest absolute Gasteiger partial charge is 0.375 e. The number of nitrogen functional groups attached to an aromatic ring is 1. The Morgan fingerprint density at radius 1 is 1.23 bits per heavy atom. The molecule has 0 aliphatic rings. The van der Waals surface area contributed by atoms with Crippen molar-refractivity contribution >= 4 is 16.5 Å². The molecule has 13 heavy (non-hydrogen) atoms. The summed E-state index contributed by atoms with van der Waals surface area (Å²) < 4.78 is 0. The summed E-state index contributed by atoms with van der Waals surface area (Å²) in [6, 6.07) is 0. The number of rotatable bonds is 5. The summed E-state index contributed by atoms with van der Waals surface area (Å²) >= 11 is 1.66. The molecule has 0 aliphatic carbocycles. The molecule has 0 aliphatic heterocycles. The number of nitrogens with two attached hydrogens (primary N) is 1. The molecule has 0 bridgehead atoms. The Labute approximate surface area is 84.2 Å². The highest BCUT2D eigenvalue weighted by atomic mass is 32.1. The number of unbranched alkanes of at least 4 members (excludes halogenated alkanes) is 1. The fourth-order valence-corrected chi connectivity index (χ4v) is 2.29.